The smallest absolute Gasteiger partial charge is 0.322 e. The number of thioether (sulfide) groups is 1. The highest BCUT2D eigenvalue weighted by molar-refractivity contribution is 7.98. The van der Waals surface area contributed by atoms with E-state index in [1.54, 1.807) is 29.4 Å². The number of nitrogens with one attached hydrogen (secondary N) is 1. The molecule has 2 heterocycles. The molecule has 4 rings (SSSR count). The summed E-state index contributed by atoms with van der Waals surface area (Å²) < 4.78 is 6.51. The Morgan fingerprint density at radius 1 is 1.20 bits per heavy atom. The maximum atomic E-state index is 12.4. The molecule has 0 fully saturated rings. The minimum Gasteiger partial charge on any atom is -0.403 e. The molecule has 0 atom stereocenters. The van der Waals surface area contributed by atoms with Crippen LogP contribution in [0.1, 0.15) is 10.4 Å². The molecule has 1 N–H and O–H groups in total. The first kappa shape index (κ1) is 15.8. The van der Waals surface area contributed by atoms with E-state index >= 15 is 0 Å². The van der Waals surface area contributed by atoms with E-state index in [0.29, 0.717) is 11.5 Å². The molecule has 0 radical (unpaired) electrons. The number of benzene rings is 2. The molecule has 0 saturated heterocycles. The van der Waals surface area contributed by atoms with Gasteiger partial charge >= 0.3 is 6.01 Å². The van der Waals surface area contributed by atoms with Crippen LogP contribution in [0.15, 0.2) is 57.3 Å². The molecule has 4 aromatic rings. The number of aromatic nitrogens is 3. The first-order valence-corrected chi connectivity index (χ1v) is 9.46. The highest BCUT2D eigenvalue weighted by atomic mass is 32.2. The van der Waals surface area contributed by atoms with E-state index in [1.807, 2.05) is 36.6 Å². The van der Waals surface area contributed by atoms with Gasteiger partial charge in [0.2, 0.25) is 5.89 Å². The lowest BCUT2D eigenvalue weighted by molar-refractivity contribution is 0.102. The molecule has 0 aliphatic heterocycles. The van der Waals surface area contributed by atoms with Crippen LogP contribution in [-0.4, -0.2) is 27.3 Å². The zero-order valence-corrected chi connectivity index (χ0v) is 14.7. The van der Waals surface area contributed by atoms with Gasteiger partial charge in [-0.3, -0.25) is 10.1 Å². The third kappa shape index (κ3) is 3.26. The van der Waals surface area contributed by atoms with E-state index in [0.717, 1.165) is 20.7 Å². The first-order chi connectivity index (χ1) is 12.2. The van der Waals surface area contributed by atoms with E-state index in [9.17, 15) is 4.79 Å². The minimum absolute atomic E-state index is 0.0685. The summed E-state index contributed by atoms with van der Waals surface area (Å²) in [5.74, 6) is 0.0625. The SMILES string of the molecule is CSc1cccc(-c2nnc(NC(=O)c3ccc4ncsc4c3)o2)c1. The molecular weight excluding hydrogens is 356 g/mol. The van der Waals surface area contributed by atoms with Gasteiger partial charge in [-0.05, 0) is 42.7 Å². The Kier molecular flexibility index (Phi) is 4.21. The lowest BCUT2D eigenvalue weighted by atomic mass is 10.2. The molecule has 0 bridgehead atoms. The molecular formula is C17H12N4O2S2. The average Bonchev–Trinajstić information content (AvgIpc) is 3.30. The summed E-state index contributed by atoms with van der Waals surface area (Å²) in [6.07, 6.45) is 2.00. The molecule has 25 heavy (non-hydrogen) atoms. The van der Waals surface area contributed by atoms with Crippen molar-refractivity contribution in [3.8, 4) is 11.5 Å². The second kappa shape index (κ2) is 6.66. The van der Waals surface area contributed by atoms with E-state index in [4.69, 9.17) is 4.42 Å². The summed E-state index contributed by atoms with van der Waals surface area (Å²) in [5.41, 5.74) is 3.95. The fourth-order valence-electron chi connectivity index (χ4n) is 2.31. The van der Waals surface area contributed by atoms with Gasteiger partial charge in [-0.1, -0.05) is 11.2 Å². The molecule has 0 aliphatic rings. The number of rotatable bonds is 4. The number of nitrogens with zero attached hydrogens (tertiary/aromatic N) is 3. The Labute approximate surface area is 151 Å². The summed E-state index contributed by atoms with van der Waals surface area (Å²) in [6, 6.07) is 13.2. The van der Waals surface area contributed by atoms with Crippen LogP contribution in [-0.2, 0) is 0 Å². The van der Waals surface area contributed by atoms with E-state index in [2.05, 4.69) is 20.5 Å². The molecule has 0 aliphatic carbocycles. The van der Waals surface area contributed by atoms with Gasteiger partial charge in [0.05, 0.1) is 15.7 Å². The fraction of sp³-hybridized carbons (Fsp3) is 0.0588. The largest absolute Gasteiger partial charge is 0.403 e. The van der Waals surface area contributed by atoms with Crippen molar-refractivity contribution in [2.24, 2.45) is 0 Å². The van der Waals surface area contributed by atoms with Crippen LogP contribution in [0.2, 0.25) is 0 Å². The first-order valence-electron chi connectivity index (χ1n) is 7.35. The van der Waals surface area contributed by atoms with Crippen molar-refractivity contribution in [3.63, 3.8) is 0 Å². The monoisotopic (exact) mass is 368 g/mol. The van der Waals surface area contributed by atoms with Gasteiger partial charge in [-0.2, -0.15) is 0 Å². The predicted octanol–water partition coefficient (Wildman–Crippen LogP) is 4.32. The van der Waals surface area contributed by atoms with Crippen LogP contribution < -0.4 is 5.32 Å². The standard InChI is InChI=1S/C17H12N4O2S2/c1-24-12-4-2-3-11(7-12)16-20-21-17(23-16)19-15(22)10-5-6-13-14(8-10)25-9-18-13/h2-9H,1H3,(H,19,21,22). The topological polar surface area (TPSA) is 80.9 Å². The molecule has 8 heteroatoms. The predicted molar refractivity (Wildman–Crippen MR) is 99.1 cm³/mol. The van der Waals surface area contributed by atoms with Crippen molar-refractivity contribution in [2.75, 3.05) is 11.6 Å². The Bertz CT molecular complexity index is 1060. The fourth-order valence-corrected chi connectivity index (χ4v) is 3.49. The molecule has 1 amide bonds. The maximum absolute atomic E-state index is 12.4. The molecule has 2 aromatic carbocycles. The number of carbonyl (C=O) groups is 1. The van der Waals surface area contributed by atoms with Crippen LogP contribution in [0.4, 0.5) is 6.01 Å². The third-order valence-corrected chi connectivity index (χ3v) is 5.07. The van der Waals surface area contributed by atoms with Gasteiger partial charge in [0.1, 0.15) is 0 Å². The van der Waals surface area contributed by atoms with Crippen LogP contribution in [0.3, 0.4) is 0 Å². The zero-order chi connectivity index (χ0) is 17.2. The summed E-state index contributed by atoms with van der Waals surface area (Å²) in [7, 11) is 0. The molecule has 0 saturated carbocycles. The average molecular weight is 368 g/mol. The van der Waals surface area contributed by atoms with Crippen molar-refractivity contribution in [1.82, 2.24) is 15.2 Å². The van der Waals surface area contributed by atoms with Crippen LogP contribution in [0, 0.1) is 0 Å². The van der Waals surface area contributed by atoms with Gasteiger partial charge in [0.25, 0.3) is 5.91 Å². The van der Waals surface area contributed by atoms with Gasteiger partial charge in [0.15, 0.2) is 0 Å². The summed E-state index contributed by atoms with van der Waals surface area (Å²) in [5, 5.41) is 10.5. The zero-order valence-electron chi connectivity index (χ0n) is 13.1. The summed E-state index contributed by atoms with van der Waals surface area (Å²) in [6.45, 7) is 0. The van der Waals surface area contributed by atoms with E-state index in [1.165, 1.54) is 11.3 Å². The van der Waals surface area contributed by atoms with Crippen LogP contribution in [0.5, 0.6) is 0 Å². The molecule has 6 nitrogen and oxygen atoms in total. The number of hydrogen-bond donors (Lipinski definition) is 1. The quantitative estimate of drug-likeness (QED) is 0.540. The minimum atomic E-state index is -0.302. The van der Waals surface area contributed by atoms with Gasteiger partial charge < -0.3 is 4.42 Å². The normalized spacial score (nSPS) is 10.9. The highest BCUT2D eigenvalue weighted by Crippen LogP contribution is 2.25. The molecule has 0 unspecified atom stereocenters. The van der Waals surface area contributed by atoms with Crippen molar-refractivity contribution in [1.29, 1.82) is 0 Å². The van der Waals surface area contributed by atoms with Gasteiger partial charge in [-0.15, -0.1) is 28.2 Å². The van der Waals surface area contributed by atoms with E-state index in [-0.39, 0.29) is 11.9 Å². The van der Waals surface area contributed by atoms with Crippen LogP contribution in [0.25, 0.3) is 21.7 Å². The summed E-state index contributed by atoms with van der Waals surface area (Å²) >= 11 is 3.12. The Morgan fingerprint density at radius 2 is 2.12 bits per heavy atom. The number of hydrogen-bond acceptors (Lipinski definition) is 7. The number of fused-ring (bicyclic) bond motifs is 1. The van der Waals surface area contributed by atoms with Crippen molar-refractivity contribution in [2.45, 2.75) is 4.90 Å². The van der Waals surface area contributed by atoms with Crippen molar-refractivity contribution < 1.29 is 9.21 Å². The third-order valence-electron chi connectivity index (χ3n) is 3.56. The number of carbonyl (C=O) groups excluding carboxylic acids is 1. The lowest BCUT2D eigenvalue weighted by Crippen LogP contribution is -2.11. The molecule has 2 aromatic heterocycles. The molecule has 0 spiro atoms. The number of thiazole rings is 1. The Hall–Kier alpha value is -2.71. The highest BCUT2D eigenvalue weighted by Gasteiger charge is 2.14. The second-order valence-electron chi connectivity index (χ2n) is 5.13. The van der Waals surface area contributed by atoms with Gasteiger partial charge in [-0.25, -0.2) is 4.98 Å². The molecule has 124 valence electrons. The van der Waals surface area contributed by atoms with E-state index < -0.39 is 0 Å². The van der Waals surface area contributed by atoms with Crippen LogP contribution >= 0.6 is 23.1 Å². The van der Waals surface area contributed by atoms with Crippen molar-refractivity contribution >= 4 is 45.2 Å². The lowest BCUT2D eigenvalue weighted by Gasteiger charge is -2.01. The Morgan fingerprint density at radius 3 is 3.00 bits per heavy atom. The maximum Gasteiger partial charge on any atom is 0.322 e. The summed E-state index contributed by atoms with van der Waals surface area (Å²) in [4.78, 5) is 17.7. The Balaban J connectivity index is 1.54. The second-order valence-corrected chi connectivity index (χ2v) is 6.90. The number of anilines is 1. The van der Waals surface area contributed by atoms with Gasteiger partial charge in [0, 0.05) is 16.0 Å². The number of amides is 1. The van der Waals surface area contributed by atoms with Crippen molar-refractivity contribution in [3.05, 3.63) is 53.5 Å².